The van der Waals surface area contributed by atoms with Gasteiger partial charge >= 0.3 is 0 Å². The predicted octanol–water partition coefficient (Wildman–Crippen LogP) is 2.57. The number of amides is 1. The Labute approximate surface area is 195 Å². The third-order valence-corrected chi connectivity index (χ3v) is 5.29. The molecule has 0 saturated heterocycles. The molecule has 34 heavy (non-hydrogen) atoms. The molecule has 0 saturated carbocycles. The van der Waals surface area contributed by atoms with E-state index in [0.717, 1.165) is 11.1 Å². The van der Waals surface area contributed by atoms with E-state index in [1.165, 1.54) is 0 Å². The number of carbonyl (C=O) groups is 1. The van der Waals surface area contributed by atoms with Gasteiger partial charge in [0.25, 0.3) is 5.91 Å². The van der Waals surface area contributed by atoms with Gasteiger partial charge in [-0.3, -0.25) is 9.89 Å². The molecule has 1 aliphatic rings. The number of carbonyl (C=O) groups excluding carboxylic acids is 1. The molecule has 0 aliphatic carbocycles. The van der Waals surface area contributed by atoms with E-state index in [9.17, 15) is 10.1 Å². The fraction of sp³-hybridized carbons (Fsp3) is 0.208. The monoisotopic (exact) mass is 461 g/mol. The standard InChI is InChI=1S/C24H23N5O5/c1-3-32-17-9-6-14(10-18(17)31-2)22-21-20(16(11-25)23(27)34-24(21)29-28-22)13-4-7-15(8-5-13)33-12-19(26)30/h4-10,20H,3,12,27H2,1-2H3,(H2,26,30)(H,28,29)/t20-/m0/s1. The van der Waals surface area contributed by atoms with Crippen molar-refractivity contribution in [1.29, 1.82) is 5.26 Å². The minimum atomic E-state index is -0.575. The lowest BCUT2D eigenvalue weighted by Crippen LogP contribution is -2.21. The van der Waals surface area contributed by atoms with Crippen molar-refractivity contribution < 1.29 is 23.7 Å². The van der Waals surface area contributed by atoms with Gasteiger partial charge in [-0.15, -0.1) is 5.10 Å². The first-order valence-electron chi connectivity index (χ1n) is 10.4. The van der Waals surface area contributed by atoms with Crippen molar-refractivity contribution in [3.63, 3.8) is 0 Å². The van der Waals surface area contributed by atoms with Gasteiger partial charge in [0, 0.05) is 5.56 Å². The quantitative estimate of drug-likeness (QED) is 0.462. The molecule has 0 spiro atoms. The Kier molecular flexibility index (Phi) is 6.27. The number of nitriles is 1. The Morgan fingerprint density at radius 1 is 1.21 bits per heavy atom. The van der Waals surface area contributed by atoms with Gasteiger partial charge in [-0.05, 0) is 42.8 Å². The summed E-state index contributed by atoms with van der Waals surface area (Å²) in [6, 6.07) is 14.6. The highest BCUT2D eigenvalue weighted by Gasteiger charge is 2.35. The second kappa shape index (κ2) is 9.46. The number of hydrogen-bond donors (Lipinski definition) is 3. The lowest BCUT2D eigenvalue weighted by Gasteiger charge is -2.24. The number of benzene rings is 2. The molecule has 10 heteroatoms. The van der Waals surface area contributed by atoms with E-state index in [4.69, 9.17) is 30.4 Å². The summed E-state index contributed by atoms with van der Waals surface area (Å²) in [7, 11) is 1.56. The maximum absolute atomic E-state index is 11.0. The number of nitrogens with zero attached hydrogens (tertiary/aromatic N) is 2. The van der Waals surface area contributed by atoms with E-state index in [0.29, 0.717) is 35.1 Å². The molecule has 0 unspecified atom stereocenters. The Bertz CT molecular complexity index is 1290. The number of rotatable bonds is 8. The zero-order valence-electron chi connectivity index (χ0n) is 18.6. The first kappa shape index (κ1) is 22.5. The van der Waals surface area contributed by atoms with Crippen LogP contribution < -0.4 is 30.4 Å². The highest BCUT2D eigenvalue weighted by Crippen LogP contribution is 2.46. The molecular formula is C24H23N5O5. The van der Waals surface area contributed by atoms with Crippen LogP contribution in [0, 0.1) is 11.3 Å². The smallest absolute Gasteiger partial charge is 0.255 e. The number of allylic oxidation sites excluding steroid dienone is 1. The summed E-state index contributed by atoms with van der Waals surface area (Å²) in [6.07, 6.45) is 0. The molecule has 0 bridgehead atoms. The van der Waals surface area contributed by atoms with Crippen LogP contribution in [0.3, 0.4) is 0 Å². The molecule has 0 fully saturated rings. The molecule has 2 aromatic carbocycles. The SMILES string of the molecule is CCOc1ccc(-c2[nH]nc3c2[C@@H](c2ccc(OCC(N)=O)cc2)C(C#N)=C(N)O3)cc1OC. The summed E-state index contributed by atoms with van der Waals surface area (Å²) < 4.78 is 22.1. The normalized spacial score (nSPS) is 14.6. The number of H-pyrrole nitrogens is 1. The van der Waals surface area contributed by atoms with Gasteiger partial charge in [-0.25, -0.2) is 0 Å². The third-order valence-electron chi connectivity index (χ3n) is 5.29. The first-order chi connectivity index (χ1) is 16.5. The molecule has 3 aromatic rings. The molecule has 5 N–H and O–H groups in total. The summed E-state index contributed by atoms with van der Waals surface area (Å²) in [5.74, 6) is 0.772. The van der Waals surface area contributed by atoms with Crippen LogP contribution in [0.4, 0.5) is 0 Å². The number of aromatic amines is 1. The van der Waals surface area contributed by atoms with Crippen LogP contribution in [-0.2, 0) is 4.79 Å². The van der Waals surface area contributed by atoms with E-state index in [1.807, 2.05) is 25.1 Å². The van der Waals surface area contributed by atoms with Crippen molar-refractivity contribution in [3.8, 4) is 40.5 Å². The summed E-state index contributed by atoms with van der Waals surface area (Å²) in [6.45, 7) is 2.16. The van der Waals surface area contributed by atoms with Crippen molar-refractivity contribution in [2.45, 2.75) is 12.8 Å². The number of hydrogen-bond acceptors (Lipinski definition) is 8. The molecule has 1 aliphatic heterocycles. The van der Waals surface area contributed by atoms with Crippen LogP contribution in [0.25, 0.3) is 11.3 Å². The minimum Gasteiger partial charge on any atom is -0.493 e. The van der Waals surface area contributed by atoms with Gasteiger partial charge < -0.3 is 30.4 Å². The van der Waals surface area contributed by atoms with Crippen LogP contribution in [-0.4, -0.2) is 36.4 Å². The van der Waals surface area contributed by atoms with Crippen LogP contribution in [0.15, 0.2) is 53.9 Å². The number of methoxy groups -OCH3 is 1. The van der Waals surface area contributed by atoms with Crippen LogP contribution >= 0.6 is 0 Å². The number of primary amides is 1. The van der Waals surface area contributed by atoms with Gasteiger partial charge in [0.2, 0.25) is 11.8 Å². The van der Waals surface area contributed by atoms with Gasteiger partial charge in [0.15, 0.2) is 18.1 Å². The van der Waals surface area contributed by atoms with Crippen LogP contribution in [0.5, 0.6) is 23.1 Å². The maximum atomic E-state index is 11.0. The fourth-order valence-corrected chi connectivity index (χ4v) is 3.81. The molecule has 1 aromatic heterocycles. The Balaban J connectivity index is 1.79. The van der Waals surface area contributed by atoms with E-state index in [2.05, 4.69) is 16.3 Å². The van der Waals surface area contributed by atoms with Gasteiger partial charge in [0.05, 0.1) is 30.9 Å². The summed E-state index contributed by atoms with van der Waals surface area (Å²) in [5.41, 5.74) is 14.3. The minimum absolute atomic E-state index is 0.0172. The fourth-order valence-electron chi connectivity index (χ4n) is 3.81. The van der Waals surface area contributed by atoms with Crippen molar-refractivity contribution in [1.82, 2.24) is 10.2 Å². The molecule has 0 radical (unpaired) electrons. The van der Waals surface area contributed by atoms with Crippen molar-refractivity contribution in [3.05, 3.63) is 65.0 Å². The van der Waals surface area contributed by atoms with Crippen LogP contribution in [0.2, 0.25) is 0 Å². The summed E-state index contributed by atoms with van der Waals surface area (Å²) in [5, 5.41) is 17.2. The maximum Gasteiger partial charge on any atom is 0.255 e. The predicted molar refractivity (Wildman–Crippen MR) is 122 cm³/mol. The van der Waals surface area contributed by atoms with Crippen LogP contribution in [0.1, 0.15) is 24.0 Å². The van der Waals surface area contributed by atoms with E-state index in [1.54, 1.807) is 31.4 Å². The lowest BCUT2D eigenvalue weighted by atomic mass is 9.83. The van der Waals surface area contributed by atoms with E-state index >= 15 is 0 Å². The van der Waals surface area contributed by atoms with Gasteiger partial charge in [-0.2, -0.15) is 5.26 Å². The molecule has 10 nitrogen and oxygen atoms in total. The second-order valence-electron chi connectivity index (χ2n) is 7.36. The summed E-state index contributed by atoms with van der Waals surface area (Å²) in [4.78, 5) is 11.0. The average molecular weight is 461 g/mol. The number of aromatic nitrogens is 2. The lowest BCUT2D eigenvalue weighted by molar-refractivity contribution is -0.119. The molecule has 1 amide bonds. The Morgan fingerprint density at radius 3 is 2.62 bits per heavy atom. The van der Waals surface area contributed by atoms with Crippen molar-refractivity contribution in [2.75, 3.05) is 20.3 Å². The number of nitrogens with two attached hydrogens (primary N) is 2. The third kappa shape index (κ3) is 4.19. The number of nitrogens with one attached hydrogen (secondary N) is 1. The zero-order chi connectivity index (χ0) is 24.2. The second-order valence-corrected chi connectivity index (χ2v) is 7.36. The van der Waals surface area contributed by atoms with Gasteiger partial charge in [0.1, 0.15) is 17.4 Å². The Hall–Kier alpha value is -4.65. The molecule has 174 valence electrons. The highest BCUT2D eigenvalue weighted by atomic mass is 16.5. The van der Waals surface area contributed by atoms with Gasteiger partial charge in [-0.1, -0.05) is 12.1 Å². The largest absolute Gasteiger partial charge is 0.493 e. The highest BCUT2D eigenvalue weighted by molar-refractivity contribution is 5.75. The van der Waals surface area contributed by atoms with E-state index < -0.39 is 11.8 Å². The van der Waals surface area contributed by atoms with Crippen molar-refractivity contribution in [2.24, 2.45) is 11.5 Å². The summed E-state index contributed by atoms with van der Waals surface area (Å²) >= 11 is 0. The number of ether oxygens (including phenoxy) is 4. The Morgan fingerprint density at radius 2 is 1.97 bits per heavy atom. The van der Waals surface area contributed by atoms with E-state index in [-0.39, 0.29) is 23.9 Å². The number of fused-ring (bicyclic) bond motifs is 1. The molecular weight excluding hydrogens is 438 g/mol. The molecule has 1 atom stereocenters. The molecule has 4 rings (SSSR count). The molecule has 2 heterocycles. The topological polar surface area (TPSA) is 158 Å². The van der Waals surface area contributed by atoms with Crippen molar-refractivity contribution >= 4 is 5.91 Å². The average Bonchev–Trinajstić information content (AvgIpc) is 3.26. The zero-order valence-corrected chi connectivity index (χ0v) is 18.6. The first-order valence-corrected chi connectivity index (χ1v) is 10.4.